The van der Waals surface area contributed by atoms with Crippen LogP contribution < -0.4 is 5.46 Å². The van der Waals surface area contributed by atoms with Gasteiger partial charge in [-0.15, -0.1) is 12.4 Å². The molecule has 1 aromatic heterocycles. The van der Waals surface area contributed by atoms with Gasteiger partial charge < -0.3 is 10.0 Å². The van der Waals surface area contributed by atoms with Crippen LogP contribution in [0.1, 0.15) is 5.69 Å². The zero-order chi connectivity index (χ0) is 10.1. The summed E-state index contributed by atoms with van der Waals surface area (Å²) in [6.07, 6.45) is -3.69. The van der Waals surface area contributed by atoms with E-state index in [0.29, 0.717) is 6.07 Å². The molecular formula is C6H6BClF3NO2. The van der Waals surface area contributed by atoms with Gasteiger partial charge in [0.15, 0.2) is 0 Å². The van der Waals surface area contributed by atoms with Crippen LogP contribution in [0.5, 0.6) is 0 Å². The molecule has 0 aliphatic rings. The van der Waals surface area contributed by atoms with Crippen molar-refractivity contribution in [1.29, 1.82) is 0 Å². The van der Waals surface area contributed by atoms with Crippen molar-refractivity contribution in [2.45, 2.75) is 6.18 Å². The largest absolute Gasteiger partial charge is 0.488 e. The van der Waals surface area contributed by atoms with E-state index in [4.69, 9.17) is 10.0 Å². The minimum atomic E-state index is -4.56. The molecule has 0 radical (unpaired) electrons. The smallest absolute Gasteiger partial charge is 0.423 e. The molecule has 78 valence electrons. The molecule has 0 unspecified atom stereocenters. The average Bonchev–Trinajstić information content (AvgIpc) is 2.03. The Balaban J connectivity index is 0.00000169. The van der Waals surface area contributed by atoms with Crippen LogP contribution in [0, 0.1) is 0 Å². The van der Waals surface area contributed by atoms with E-state index < -0.39 is 19.0 Å². The zero-order valence-corrected chi connectivity index (χ0v) is 7.51. The van der Waals surface area contributed by atoms with Gasteiger partial charge in [-0.25, -0.2) is 0 Å². The minimum Gasteiger partial charge on any atom is -0.423 e. The molecule has 0 saturated heterocycles. The Hall–Kier alpha value is -0.785. The molecule has 0 atom stereocenters. The molecule has 8 heteroatoms. The van der Waals surface area contributed by atoms with E-state index in [1.165, 1.54) is 0 Å². The molecule has 14 heavy (non-hydrogen) atoms. The Bertz CT molecular complexity index is 307. The molecule has 3 nitrogen and oxygen atoms in total. The third-order valence-electron chi connectivity index (χ3n) is 1.37. The fourth-order valence-electron chi connectivity index (χ4n) is 0.763. The van der Waals surface area contributed by atoms with Gasteiger partial charge in [0.2, 0.25) is 0 Å². The molecule has 1 aromatic rings. The first-order chi connectivity index (χ1) is 5.91. The van der Waals surface area contributed by atoms with Crippen LogP contribution in [0.2, 0.25) is 0 Å². The minimum absolute atomic E-state index is 0. The Morgan fingerprint density at radius 1 is 1.29 bits per heavy atom. The second-order valence-electron chi connectivity index (χ2n) is 2.35. The van der Waals surface area contributed by atoms with Crippen LogP contribution in [-0.2, 0) is 6.18 Å². The molecule has 1 heterocycles. The van der Waals surface area contributed by atoms with Crippen molar-refractivity contribution in [2.24, 2.45) is 0 Å². The van der Waals surface area contributed by atoms with Crippen LogP contribution in [-0.4, -0.2) is 22.2 Å². The lowest BCUT2D eigenvalue weighted by Gasteiger charge is -2.06. The molecule has 0 fully saturated rings. The summed E-state index contributed by atoms with van der Waals surface area (Å²) in [6, 6.07) is 1.69. The first-order valence-electron chi connectivity index (χ1n) is 3.30. The second-order valence-corrected chi connectivity index (χ2v) is 2.35. The molecule has 0 saturated carbocycles. The second kappa shape index (κ2) is 4.63. The quantitative estimate of drug-likeness (QED) is 0.674. The van der Waals surface area contributed by atoms with E-state index in [1.54, 1.807) is 0 Å². The van der Waals surface area contributed by atoms with E-state index in [1.807, 2.05) is 0 Å². The van der Waals surface area contributed by atoms with Gasteiger partial charge >= 0.3 is 13.3 Å². The number of alkyl halides is 3. The third kappa shape index (κ3) is 3.17. The number of rotatable bonds is 1. The summed E-state index contributed by atoms with van der Waals surface area (Å²) >= 11 is 0. The van der Waals surface area contributed by atoms with Crippen molar-refractivity contribution >= 4 is 25.0 Å². The van der Waals surface area contributed by atoms with Gasteiger partial charge in [0.1, 0.15) is 5.69 Å². The summed E-state index contributed by atoms with van der Waals surface area (Å²) in [5, 5.41) is 17.1. The average molecular weight is 227 g/mol. The SMILES string of the molecule is Cl.OB(O)c1ccnc(C(F)(F)F)c1. The lowest BCUT2D eigenvalue weighted by molar-refractivity contribution is -0.141. The number of hydrogen-bond acceptors (Lipinski definition) is 3. The first-order valence-corrected chi connectivity index (χ1v) is 3.30. The Morgan fingerprint density at radius 2 is 1.86 bits per heavy atom. The van der Waals surface area contributed by atoms with Crippen molar-refractivity contribution in [3.63, 3.8) is 0 Å². The summed E-state index contributed by atoms with van der Waals surface area (Å²) in [4.78, 5) is 3.05. The zero-order valence-electron chi connectivity index (χ0n) is 6.69. The molecule has 0 spiro atoms. The van der Waals surface area contributed by atoms with Crippen LogP contribution in [0.15, 0.2) is 18.3 Å². The van der Waals surface area contributed by atoms with Crippen molar-refractivity contribution in [3.05, 3.63) is 24.0 Å². The maximum Gasteiger partial charge on any atom is 0.488 e. The topological polar surface area (TPSA) is 53.4 Å². The predicted molar refractivity (Wildman–Crippen MR) is 46.3 cm³/mol. The molecule has 0 aromatic carbocycles. The molecule has 2 N–H and O–H groups in total. The maximum absolute atomic E-state index is 12.0. The standard InChI is InChI=1S/C6H5BF3NO2.ClH/c8-6(9,10)5-3-4(7(12)13)1-2-11-5;/h1-3,12-13H;1H. The normalized spacial score (nSPS) is 10.6. The Morgan fingerprint density at radius 3 is 2.29 bits per heavy atom. The molecule has 0 bridgehead atoms. The third-order valence-corrected chi connectivity index (χ3v) is 1.37. The Labute approximate surface area is 84.1 Å². The highest BCUT2D eigenvalue weighted by molar-refractivity contribution is 6.58. The lowest BCUT2D eigenvalue weighted by atomic mass is 9.81. The summed E-state index contributed by atoms with van der Waals surface area (Å²) in [7, 11) is -1.91. The van der Waals surface area contributed by atoms with Gasteiger partial charge in [-0.05, 0) is 17.6 Å². The fourth-order valence-corrected chi connectivity index (χ4v) is 0.763. The maximum atomic E-state index is 12.0. The fraction of sp³-hybridized carbons (Fsp3) is 0.167. The molecule has 1 rings (SSSR count). The number of nitrogens with zero attached hydrogens (tertiary/aromatic N) is 1. The van der Waals surface area contributed by atoms with Crippen molar-refractivity contribution in [1.82, 2.24) is 4.98 Å². The summed E-state index contributed by atoms with van der Waals surface area (Å²) in [6.45, 7) is 0. The molecule has 0 amide bonds. The van der Waals surface area contributed by atoms with Crippen molar-refractivity contribution in [2.75, 3.05) is 0 Å². The number of hydrogen-bond donors (Lipinski definition) is 2. The Kier molecular flexibility index (Phi) is 4.37. The summed E-state index contributed by atoms with van der Waals surface area (Å²) in [5.74, 6) is 0. The van der Waals surface area contributed by atoms with E-state index in [0.717, 1.165) is 12.3 Å². The number of aromatic nitrogens is 1. The summed E-state index contributed by atoms with van der Waals surface area (Å²) in [5.41, 5.74) is -1.37. The van der Waals surface area contributed by atoms with Gasteiger partial charge in [0.25, 0.3) is 0 Å². The molecule has 0 aliphatic heterocycles. The number of halogens is 4. The highest BCUT2D eigenvalue weighted by atomic mass is 35.5. The number of pyridine rings is 1. The van der Waals surface area contributed by atoms with Gasteiger partial charge in [0, 0.05) is 6.20 Å². The monoisotopic (exact) mass is 227 g/mol. The van der Waals surface area contributed by atoms with Crippen molar-refractivity contribution in [3.8, 4) is 0 Å². The molecule has 0 aliphatic carbocycles. The van der Waals surface area contributed by atoms with Gasteiger partial charge in [-0.3, -0.25) is 4.98 Å². The van der Waals surface area contributed by atoms with Crippen molar-refractivity contribution < 1.29 is 23.2 Å². The van der Waals surface area contributed by atoms with E-state index >= 15 is 0 Å². The van der Waals surface area contributed by atoms with Gasteiger partial charge in [-0.2, -0.15) is 13.2 Å². The predicted octanol–water partition coefficient (Wildman–Crippen LogP) is 0.202. The van der Waals surface area contributed by atoms with E-state index in [-0.39, 0.29) is 17.9 Å². The highest BCUT2D eigenvalue weighted by Crippen LogP contribution is 2.26. The van der Waals surface area contributed by atoms with E-state index in [9.17, 15) is 13.2 Å². The summed E-state index contributed by atoms with van der Waals surface area (Å²) < 4.78 is 36.0. The first kappa shape index (κ1) is 13.2. The van der Waals surface area contributed by atoms with Crippen LogP contribution in [0.3, 0.4) is 0 Å². The van der Waals surface area contributed by atoms with E-state index in [2.05, 4.69) is 4.98 Å². The highest BCUT2D eigenvalue weighted by Gasteiger charge is 2.33. The van der Waals surface area contributed by atoms with Crippen LogP contribution in [0.4, 0.5) is 13.2 Å². The van der Waals surface area contributed by atoms with Gasteiger partial charge in [0.05, 0.1) is 0 Å². The van der Waals surface area contributed by atoms with Crippen LogP contribution in [0.25, 0.3) is 0 Å². The van der Waals surface area contributed by atoms with Crippen LogP contribution >= 0.6 is 12.4 Å². The molecular weight excluding hydrogens is 221 g/mol. The lowest BCUT2D eigenvalue weighted by Crippen LogP contribution is -2.31. The van der Waals surface area contributed by atoms with Gasteiger partial charge in [-0.1, -0.05) is 0 Å².